The molecular formula is C20H19F3N4O2. The van der Waals surface area contributed by atoms with Gasteiger partial charge in [-0.2, -0.15) is 0 Å². The highest BCUT2D eigenvalue weighted by Gasteiger charge is 2.55. The van der Waals surface area contributed by atoms with Crippen LogP contribution in [0.4, 0.5) is 23.7 Å². The lowest BCUT2D eigenvalue weighted by Crippen LogP contribution is -2.59. The number of hydrogen-bond acceptors (Lipinski definition) is 3. The predicted molar refractivity (Wildman–Crippen MR) is 98.6 cm³/mol. The van der Waals surface area contributed by atoms with E-state index >= 15 is 0 Å². The number of carbonyl (C=O) groups is 1. The van der Waals surface area contributed by atoms with Crippen LogP contribution in [0.3, 0.4) is 0 Å². The third-order valence-corrected chi connectivity index (χ3v) is 5.14. The Labute approximate surface area is 165 Å². The monoisotopic (exact) mass is 404 g/mol. The van der Waals surface area contributed by atoms with E-state index in [1.54, 1.807) is 0 Å². The van der Waals surface area contributed by atoms with Gasteiger partial charge in [-0.05, 0) is 25.0 Å². The molecule has 3 N–H and O–H groups in total. The number of nitrogens with zero attached hydrogens (tertiary/aromatic N) is 2. The molecule has 1 aliphatic carbocycles. The number of aliphatic hydroxyl groups is 1. The average molecular weight is 404 g/mol. The van der Waals surface area contributed by atoms with Gasteiger partial charge in [-0.1, -0.05) is 11.8 Å². The van der Waals surface area contributed by atoms with E-state index < -0.39 is 23.3 Å². The second-order valence-corrected chi connectivity index (χ2v) is 7.42. The zero-order valence-corrected chi connectivity index (χ0v) is 15.6. The fourth-order valence-electron chi connectivity index (χ4n) is 3.34. The summed E-state index contributed by atoms with van der Waals surface area (Å²) in [5.41, 5.74) is -1.74. The number of aromatic nitrogens is 2. The molecule has 0 spiro atoms. The highest BCUT2D eigenvalue weighted by atomic mass is 19.3. The number of urea groups is 1. The molecule has 9 heteroatoms. The van der Waals surface area contributed by atoms with Crippen molar-refractivity contribution in [2.24, 2.45) is 5.92 Å². The van der Waals surface area contributed by atoms with E-state index in [1.165, 1.54) is 23.2 Å². The fraction of sp³-hybridized carbons (Fsp3) is 0.400. The molecule has 6 nitrogen and oxygen atoms in total. The molecule has 2 amide bonds. The van der Waals surface area contributed by atoms with E-state index in [0.29, 0.717) is 12.6 Å². The Hall–Kier alpha value is -2.99. The lowest BCUT2D eigenvalue weighted by Gasteiger charge is -2.40. The highest BCUT2D eigenvalue weighted by molar-refractivity contribution is 5.95. The number of amides is 2. The Morgan fingerprint density at radius 3 is 2.83 bits per heavy atom. The van der Waals surface area contributed by atoms with Gasteiger partial charge in [-0.25, -0.2) is 22.9 Å². The number of imidazole rings is 1. The molecule has 1 aromatic heterocycles. The van der Waals surface area contributed by atoms with Gasteiger partial charge >= 0.3 is 6.03 Å². The molecule has 29 heavy (non-hydrogen) atoms. The van der Waals surface area contributed by atoms with Crippen molar-refractivity contribution in [1.29, 1.82) is 0 Å². The second-order valence-electron chi connectivity index (χ2n) is 7.42. The Kier molecular flexibility index (Phi) is 4.54. The molecule has 1 aromatic carbocycles. The summed E-state index contributed by atoms with van der Waals surface area (Å²) >= 11 is 0. The Morgan fingerprint density at radius 2 is 2.17 bits per heavy atom. The molecule has 1 aliphatic heterocycles. The van der Waals surface area contributed by atoms with Crippen molar-refractivity contribution < 1.29 is 23.1 Å². The third kappa shape index (κ3) is 3.44. The number of aliphatic hydroxyl groups excluding tert-OH is 1. The van der Waals surface area contributed by atoms with Gasteiger partial charge in [0.15, 0.2) is 5.54 Å². The molecule has 2 aromatic rings. The first-order valence-electron chi connectivity index (χ1n) is 9.16. The highest BCUT2D eigenvalue weighted by Crippen LogP contribution is 2.44. The van der Waals surface area contributed by atoms with Crippen LogP contribution in [0.15, 0.2) is 24.7 Å². The van der Waals surface area contributed by atoms with Crippen LogP contribution >= 0.6 is 0 Å². The number of fused-ring (bicyclic) bond motifs is 1. The number of benzene rings is 1. The van der Waals surface area contributed by atoms with Gasteiger partial charge in [0.1, 0.15) is 5.82 Å². The molecule has 1 atom stereocenters. The van der Waals surface area contributed by atoms with Gasteiger partial charge in [0.2, 0.25) is 0 Å². The van der Waals surface area contributed by atoms with Crippen LogP contribution in [0.5, 0.6) is 0 Å². The zero-order chi connectivity index (χ0) is 20.8. The van der Waals surface area contributed by atoms with Crippen molar-refractivity contribution in [1.82, 2.24) is 14.9 Å². The first kappa shape index (κ1) is 19.3. The van der Waals surface area contributed by atoms with Crippen molar-refractivity contribution in [3.05, 3.63) is 47.3 Å². The third-order valence-electron chi connectivity index (χ3n) is 5.14. The Balaban J connectivity index is 1.82. The van der Waals surface area contributed by atoms with Crippen LogP contribution in [-0.2, 0) is 18.7 Å². The second kappa shape index (κ2) is 6.81. The molecule has 2 heterocycles. The summed E-state index contributed by atoms with van der Waals surface area (Å²) in [6.07, 6.45) is 4.51. The number of rotatable bonds is 4. The van der Waals surface area contributed by atoms with E-state index in [9.17, 15) is 23.1 Å². The molecule has 152 valence electrons. The van der Waals surface area contributed by atoms with Gasteiger partial charge < -0.3 is 20.3 Å². The summed E-state index contributed by atoms with van der Waals surface area (Å²) in [4.78, 5) is 16.1. The van der Waals surface area contributed by atoms with E-state index in [-0.39, 0.29) is 35.9 Å². The number of hydrogen-bond donors (Lipinski definition) is 3. The number of halogens is 3. The van der Waals surface area contributed by atoms with Gasteiger partial charge in [0.25, 0.3) is 5.92 Å². The number of nitrogens with one attached hydrogen (secondary N) is 2. The summed E-state index contributed by atoms with van der Waals surface area (Å²) < 4.78 is 45.9. The maximum absolute atomic E-state index is 14.9. The van der Waals surface area contributed by atoms with Gasteiger partial charge in [-0.15, -0.1) is 0 Å². The van der Waals surface area contributed by atoms with Crippen molar-refractivity contribution in [3.63, 3.8) is 0 Å². The van der Waals surface area contributed by atoms with E-state index in [0.717, 1.165) is 18.9 Å². The zero-order valence-electron chi connectivity index (χ0n) is 15.6. The minimum Gasteiger partial charge on any atom is -0.390 e. The van der Waals surface area contributed by atoms with Crippen molar-refractivity contribution in [2.45, 2.75) is 44.4 Å². The van der Waals surface area contributed by atoms with Crippen LogP contribution in [0.25, 0.3) is 0 Å². The Bertz CT molecular complexity index is 1030. The Morgan fingerprint density at radius 1 is 1.41 bits per heavy atom. The molecule has 0 bridgehead atoms. The van der Waals surface area contributed by atoms with Crippen molar-refractivity contribution in [2.75, 3.05) is 5.32 Å². The largest absolute Gasteiger partial charge is 0.390 e. The van der Waals surface area contributed by atoms with Crippen LogP contribution < -0.4 is 10.6 Å². The maximum atomic E-state index is 14.9. The molecule has 1 fully saturated rings. The lowest BCUT2D eigenvalue weighted by molar-refractivity contribution is -0.0465. The van der Waals surface area contributed by atoms with Gasteiger partial charge in [0.05, 0.1) is 31.4 Å². The predicted octanol–water partition coefficient (Wildman–Crippen LogP) is 2.96. The SMILES string of the molecule is CC(F)(F)[C@@]1(C#CC2CC2)NC(=O)Nc2cc(Cn3cncc3CO)c(F)cc21. The summed E-state index contributed by atoms with van der Waals surface area (Å²) in [5.74, 6) is 1.18. The van der Waals surface area contributed by atoms with Crippen molar-refractivity contribution in [3.8, 4) is 11.8 Å². The van der Waals surface area contributed by atoms with E-state index in [4.69, 9.17) is 0 Å². The molecule has 4 rings (SSSR count). The standard InChI is InChI=1S/C20H19F3N4O2/c1-19(22,23)20(5-4-12-2-3-12)15-7-16(21)13(6-17(15)25-18(29)26-20)9-27-11-24-8-14(27)10-28/h6-8,11-12,28H,2-3,9-10H2,1H3,(H2,25,26,29)/t20-/m0/s1. The summed E-state index contributed by atoms with van der Waals surface area (Å²) in [6, 6.07) is 1.48. The number of anilines is 1. The van der Waals surface area contributed by atoms with Crippen LogP contribution in [-0.4, -0.2) is 26.6 Å². The maximum Gasteiger partial charge on any atom is 0.320 e. The smallest absolute Gasteiger partial charge is 0.320 e. The average Bonchev–Trinajstić information content (AvgIpc) is 3.37. The van der Waals surface area contributed by atoms with Crippen LogP contribution in [0.1, 0.15) is 36.6 Å². The molecule has 0 saturated heterocycles. The quantitative estimate of drug-likeness (QED) is 0.686. The molecule has 2 aliphatic rings. The number of carbonyl (C=O) groups excluding carboxylic acids is 1. The minimum atomic E-state index is -3.45. The fourth-order valence-corrected chi connectivity index (χ4v) is 3.34. The molecule has 0 unspecified atom stereocenters. The van der Waals surface area contributed by atoms with Crippen molar-refractivity contribution >= 4 is 11.7 Å². The first-order chi connectivity index (χ1) is 13.7. The van der Waals surface area contributed by atoms with E-state index in [1.807, 2.05) is 0 Å². The summed E-state index contributed by atoms with van der Waals surface area (Å²) in [5, 5.41) is 14.0. The minimum absolute atomic E-state index is 0.0155. The topological polar surface area (TPSA) is 79.2 Å². The van der Waals surface area contributed by atoms with Gasteiger partial charge in [0, 0.05) is 29.7 Å². The van der Waals surface area contributed by atoms with Gasteiger partial charge in [-0.3, -0.25) is 0 Å². The van der Waals surface area contributed by atoms with E-state index in [2.05, 4.69) is 27.5 Å². The summed E-state index contributed by atoms with van der Waals surface area (Å²) in [6.45, 7) is 0.394. The molecule has 0 radical (unpaired) electrons. The molecular weight excluding hydrogens is 385 g/mol. The van der Waals surface area contributed by atoms with Crippen LogP contribution in [0, 0.1) is 23.6 Å². The lowest BCUT2D eigenvalue weighted by atomic mass is 9.81. The number of alkyl halides is 2. The normalized spacial score (nSPS) is 20.9. The van der Waals surface area contributed by atoms with Crippen LogP contribution in [0.2, 0.25) is 0 Å². The first-order valence-corrected chi connectivity index (χ1v) is 9.16. The molecule has 1 saturated carbocycles. The summed E-state index contributed by atoms with van der Waals surface area (Å²) in [7, 11) is 0.